The van der Waals surface area contributed by atoms with Crippen LogP contribution in [0.25, 0.3) is 0 Å². The first-order valence-electron chi connectivity index (χ1n) is 5.43. The quantitative estimate of drug-likeness (QED) is 0.712. The fraction of sp³-hybridized carbons (Fsp3) is 0.909. The van der Waals surface area contributed by atoms with E-state index in [1.807, 2.05) is 4.90 Å². The molecule has 1 rings (SSSR count). The van der Waals surface area contributed by atoms with Crippen molar-refractivity contribution >= 4 is 18.5 Å². The van der Waals surface area contributed by atoms with Crippen molar-refractivity contribution in [2.24, 2.45) is 17.8 Å². The molecule has 0 radical (unpaired) electrons. The molecule has 1 aliphatic rings. The lowest BCUT2D eigenvalue weighted by molar-refractivity contribution is -0.128. The minimum Gasteiger partial charge on any atom is -0.342 e. The summed E-state index contributed by atoms with van der Waals surface area (Å²) in [6.45, 7) is 8.37. The molecule has 2 atom stereocenters. The van der Waals surface area contributed by atoms with Crippen LogP contribution in [0.5, 0.6) is 0 Å². The molecule has 0 saturated carbocycles. The van der Waals surface area contributed by atoms with Gasteiger partial charge in [-0.3, -0.25) is 4.79 Å². The van der Waals surface area contributed by atoms with E-state index in [2.05, 4.69) is 33.4 Å². The monoisotopic (exact) mass is 215 g/mol. The van der Waals surface area contributed by atoms with Gasteiger partial charge in [-0.05, 0) is 23.5 Å². The Morgan fingerprint density at radius 1 is 1.57 bits per heavy atom. The second-order valence-electron chi connectivity index (χ2n) is 4.79. The van der Waals surface area contributed by atoms with Gasteiger partial charge in [0.2, 0.25) is 5.91 Å². The molecule has 0 bridgehead atoms. The highest BCUT2D eigenvalue weighted by Crippen LogP contribution is 2.21. The topological polar surface area (TPSA) is 20.3 Å². The molecule has 2 unspecified atom stereocenters. The maximum atomic E-state index is 11.6. The van der Waals surface area contributed by atoms with E-state index in [0.717, 1.165) is 25.3 Å². The maximum Gasteiger partial charge on any atom is 0.222 e. The van der Waals surface area contributed by atoms with Crippen LogP contribution in [0.2, 0.25) is 0 Å². The third kappa shape index (κ3) is 2.91. The molecule has 1 heterocycles. The number of nitrogens with zero attached hydrogens (tertiary/aromatic N) is 1. The summed E-state index contributed by atoms with van der Waals surface area (Å²) < 4.78 is 0. The van der Waals surface area contributed by atoms with Crippen molar-refractivity contribution in [1.82, 2.24) is 4.90 Å². The van der Waals surface area contributed by atoms with Gasteiger partial charge in [0.05, 0.1) is 0 Å². The lowest BCUT2D eigenvalue weighted by atomic mass is 9.97. The Bertz CT molecular complexity index is 205. The fourth-order valence-electron chi connectivity index (χ4n) is 1.91. The van der Waals surface area contributed by atoms with Crippen molar-refractivity contribution in [2.75, 3.05) is 18.8 Å². The second kappa shape index (κ2) is 5.06. The summed E-state index contributed by atoms with van der Waals surface area (Å²) in [6.07, 6.45) is 0.734. The number of carbonyl (C=O) groups excluding carboxylic acids is 1. The number of carbonyl (C=O) groups is 1. The lowest BCUT2D eigenvalue weighted by Crippen LogP contribution is -2.33. The number of likely N-dealkylation sites (tertiary alicyclic amines) is 1. The molecule has 14 heavy (non-hydrogen) atoms. The van der Waals surface area contributed by atoms with Gasteiger partial charge in [0.15, 0.2) is 0 Å². The molecule has 1 saturated heterocycles. The van der Waals surface area contributed by atoms with Gasteiger partial charge in [-0.25, -0.2) is 0 Å². The second-order valence-corrected chi connectivity index (χ2v) is 5.16. The zero-order chi connectivity index (χ0) is 10.7. The Labute approximate surface area is 92.5 Å². The molecule has 1 aliphatic heterocycles. The number of amides is 1. The molecule has 0 aromatic carbocycles. The van der Waals surface area contributed by atoms with Gasteiger partial charge in [-0.1, -0.05) is 20.8 Å². The standard InChI is InChI=1S/C11H21NOS/c1-8(2)10(7-14)6-12-5-9(3)4-11(12)13/h8-10,14H,4-7H2,1-3H3. The third-order valence-electron chi connectivity index (χ3n) is 3.04. The smallest absolute Gasteiger partial charge is 0.222 e. The Hall–Kier alpha value is -0.180. The van der Waals surface area contributed by atoms with Crippen molar-refractivity contribution < 1.29 is 4.79 Å². The molecule has 1 amide bonds. The predicted molar refractivity (Wildman–Crippen MR) is 62.5 cm³/mol. The van der Waals surface area contributed by atoms with Crippen molar-refractivity contribution in [2.45, 2.75) is 27.2 Å². The predicted octanol–water partition coefficient (Wildman–Crippen LogP) is 2.06. The molecule has 0 aliphatic carbocycles. The summed E-state index contributed by atoms with van der Waals surface area (Å²) in [7, 11) is 0. The Kier molecular flexibility index (Phi) is 4.30. The number of rotatable bonds is 4. The van der Waals surface area contributed by atoms with E-state index in [1.54, 1.807) is 0 Å². The van der Waals surface area contributed by atoms with Crippen LogP contribution in [-0.2, 0) is 4.79 Å². The summed E-state index contributed by atoms with van der Waals surface area (Å²) in [5.74, 6) is 2.87. The van der Waals surface area contributed by atoms with Crippen LogP contribution in [0.3, 0.4) is 0 Å². The molecule has 0 spiro atoms. The van der Waals surface area contributed by atoms with Gasteiger partial charge in [0.1, 0.15) is 0 Å². The van der Waals surface area contributed by atoms with Crippen LogP contribution in [0.15, 0.2) is 0 Å². The van der Waals surface area contributed by atoms with Crippen LogP contribution in [0, 0.1) is 17.8 Å². The molecule has 3 heteroatoms. The highest BCUT2D eigenvalue weighted by atomic mass is 32.1. The average Bonchev–Trinajstić information content (AvgIpc) is 2.40. The molecule has 1 fully saturated rings. The molecule has 0 aromatic heterocycles. The Morgan fingerprint density at radius 3 is 2.57 bits per heavy atom. The van der Waals surface area contributed by atoms with Crippen LogP contribution in [0.1, 0.15) is 27.2 Å². The lowest BCUT2D eigenvalue weighted by Gasteiger charge is -2.25. The van der Waals surface area contributed by atoms with E-state index in [9.17, 15) is 4.79 Å². The number of hydrogen-bond acceptors (Lipinski definition) is 2. The van der Waals surface area contributed by atoms with E-state index in [1.165, 1.54) is 0 Å². The van der Waals surface area contributed by atoms with E-state index in [-0.39, 0.29) is 0 Å². The van der Waals surface area contributed by atoms with E-state index in [4.69, 9.17) is 0 Å². The summed E-state index contributed by atoms with van der Waals surface area (Å²) in [6, 6.07) is 0. The fourth-order valence-corrected chi connectivity index (χ4v) is 2.45. The molecule has 0 aromatic rings. The van der Waals surface area contributed by atoms with Gasteiger partial charge in [0, 0.05) is 19.5 Å². The first-order valence-corrected chi connectivity index (χ1v) is 6.06. The first kappa shape index (κ1) is 11.9. The van der Waals surface area contributed by atoms with E-state index < -0.39 is 0 Å². The highest BCUT2D eigenvalue weighted by Gasteiger charge is 2.28. The third-order valence-corrected chi connectivity index (χ3v) is 3.51. The maximum absolute atomic E-state index is 11.6. The normalized spacial score (nSPS) is 24.8. The summed E-state index contributed by atoms with van der Waals surface area (Å²) in [5.41, 5.74) is 0. The summed E-state index contributed by atoms with van der Waals surface area (Å²) >= 11 is 4.34. The SMILES string of the molecule is CC1CC(=O)N(CC(CS)C(C)C)C1. The minimum absolute atomic E-state index is 0.324. The summed E-state index contributed by atoms with van der Waals surface area (Å²) in [5, 5.41) is 0. The zero-order valence-corrected chi connectivity index (χ0v) is 10.3. The number of thiol groups is 1. The van der Waals surface area contributed by atoms with Crippen molar-refractivity contribution in [3.8, 4) is 0 Å². The Balaban J connectivity index is 2.46. The van der Waals surface area contributed by atoms with Gasteiger partial charge in [0.25, 0.3) is 0 Å². The van der Waals surface area contributed by atoms with Crippen LogP contribution in [-0.4, -0.2) is 29.6 Å². The largest absolute Gasteiger partial charge is 0.342 e. The van der Waals surface area contributed by atoms with Crippen molar-refractivity contribution in [3.63, 3.8) is 0 Å². The summed E-state index contributed by atoms with van der Waals surface area (Å²) in [4.78, 5) is 13.6. The zero-order valence-electron chi connectivity index (χ0n) is 9.36. The van der Waals surface area contributed by atoms with E-state index in [0.29, 0.717) is 23.7 Å². The van der Waals surface area contributed by atoms with Crippen LogP contribution >= 0.6 is 12.6 Å². The van der Waals surface area contributed by atoms with Gasteiger partial charge < -0.3 is 4.90 Å². The highest BCUT2D eigenvalue weighted by molar-refractivity contribution is 7.80. The Morgan fingerprint density at radius 2 is 2.21 bits per heavy atom. The van der Waals surface area contributed by atoms with Crippen LogP contribution < -0.4 is 0 Å². The molecular formula is C11H21NOS. The van der Waals surface area contributed by atoms with Gasteiger partial charge >= 0.3 is 0 Å². The van der Waals surface area contributed by atoms with Gasteiger partial charge in [-0.2, -0.15) is 12.6 Å². The van der Waals surface area contributed by atoms with E-state index >= 15 is 0 Å². The molecule has 0 N–H and O–H groups in total. The molecule has 82 valence electrons. The van der Waals surface area contributed by atoms with Crippen molar-refractivity contribution in [3.05, 3.63) is 0 Å². The minimum atomic E-state index is 0.324. The average molecular weight is 215 g/mol. The molecular weight excluding hydrogens is 194 g/mol. The first-order chi connectivity index (χ1) is 6.54. The van der Waals surface area contributed by atoms with Gasteiger partial charge in [-0.15, -0.1) is 0 Å². The van der Waals surface area contributed by atoms with Crippen LogP contribution in [0.4, 0.5) is 0 Å². The number of hydrogen-bond donors (Lipinski definition) is 1. The van der Waals surface area contributed by atoms with Crippen molar-refractivity contribution in [1.29, 1.82) is 0 Å². The molecule has 2 nitrogen and oxygen atoms in total.